The molecule has 0 aromatic heterocycles. The Morgan fingerprint density at radius 1 is 0.714 bits per heavy atom. The Hall–Kier alpha value is -3.93. The van der Waals surface area contributed by atoms with E-state index in [1.165, 1.54) is 0 Å². The Bertz CT molecular complexity index is 1620. The number of nitrogens with zero attached hydrogens (tertiary/aromatic N) is 1. The van der Waals surface area contributed by atoms with Crippen molar-refractivity contribution < 1.29 is 14.4 Å². The first-order valence-corrected chi connectivity index (χ1v) is 14.9. The fourth-order valence-electron chi connectivity index (χ4n) is 7.18. The normalized spacial score (nSPS) is 25.9. The Morgan fingerprint density at radius 2 is 1.17 bits per heavy atom. The molecule has 1 saturated heterocycles. The first-order chi connectivity index (χ1) is 20.3. The zero-order valence-electron chi connectivity index (χ0n) is 22.9. The van der Waals surface area contributed by atoms with Crippen LogP contribution in [0.3, 0.4) is 0 Å². The molecule has 1 heterocycles. The van der Waals surface area contributed by atoms with Crippen LogP contribution in [0.25, 0.3) is 0 Å². The topological polar surface area (TPSA) is 66.5 Å². The van der Waals surface area contributed by atoms with Gasteiger partial charge in [-0.15, -0.1) is 23.2 Å². The number of halogens is 2. The van der Waals surface area contributed by atoms with Crippen LogP contribution >= 0.6 is 23.2 Å². The Morgan fingerprint density at radius 3 is 1.62 bits per heavy atom. The number of hydrogen-bond donors (Lipinski definition) is 1. The number of benzene rings is 4. The predicted octanol–water partition coefficient (Wildman–Crippen LogP) is 6.39. The number of amides is 3. The highest BCUT2D eigenvalue weighted by Gasteiger charge is 2.73. The van der Waals surface area contributed by atoms with Gasteiger partial charge in [0.1, 0.15) is 15.8 Å². The van der Waals surface area contributed by atoms with Gasteiger partial charge in [-0.3, -0.25) is 19.3 Å². The van der Waals surface area contributed by atoms with Crippen LogP contribution in [0.1, 0.15) is 40.3 Å². The largest absolute Gasteiger partial charge is 0.324 e. The van der Waals surface area contributed by atoms with Gasteiger partial charge in [-0.2, -0.15) is 0 Å². The Labute approximate surface area is 254 Å². The van der Waals surface area contributed by atoms with Crippen molar-refractivity contribution in [2.45, 2.75) is 35.6 Å². The second-order valence-corrected chi connectivity index (χ2v) is 12.5. The third-order valence-electron chi connectivity index (χ3n) is 9.14. The van der Waals surface area contributed by atoms with Crippen LogP contribution in [-0.2, 0) is 37.0 Å². The average Bonchev–Trinajstić information content (AvgIpc) is 3.30. The zero-order chi connectivity index (χ0) is 29.2. The molecule has 8 rings (SSSR count). The molecular formula is C35H28Cl2N2O3. The third-order valence-corrected chi connectivity index (χ3v) is 10.4. The van der Waals surface area contributed by atoms with Crippen LogP contribution in [0.4, 0.5) is 5.69 Å². The minimum atomic E-state index is -1.31. The summed E-state index contributed by atoms with van der Waals surface area (Å²) in [5, 5.41) is 2.95. The van der Waals surface area contributed by atoms with E-state index in [1.807, 2.05) is 103 Å². The number of imide groups is 1. The molecule has 0 spiro atoms. The Kier molecular flexibility index (Phi) is 6.30. The van der Waals surface area contributed by atoms with Crippen molar-refractivity contribution in [3.63, 3.8) is 0 Å². The van der Waals surface area contributed by atoms with E-state index in [9.17, 15) is 14.4 Å². The molecule has 3 amide bonds. The van der Waals surface area contributed by atoms with Crippen molar-refractivity contribution in [1.82, 2.24) is 4.90 Å². The van der Waals surface area contributed by atoms with Crippen LogP contribution in [0, 0.1) is 11.8 Å². The summed E-state index contributed by atoms with van der Waals surface area (Å²) in [4.78, 5) is 41.7. The molecule has 1 fully saturated rings. The predicted molar refractivity (Wildman–Crippen MR) is 163 cm³/mol. The molecule has 210 valence electrons. The quantitative estimate of drug-likeness (QED) is 0.208. The highest BCUT2D eigenvalue weighted by Crippen LogP contribution is 2.69. The van der Waals surface area contributed by atoms with Gasteiger partial charge >= 0.3 is 0 Å². The lowest BCUT2D eigenvalue weighted by Crippen LogP contribution is -2.57. The average molecular weight is 596 g/mol. The highest BCUT2D eigenvalue weighted by atomic mass is 35.5. The number of carbonyl (C=O) groups excluding carboxylic acids is 3. The number of aryl methyl sites for hydroxylation is 1. The number of alkyl halides is 2. The minimum absolute atomic E-state index is 0.154. The van der Waals surface area contributed by atoms with Crippen LogP contribution in [-0.4, -0.2) is 28.7 Å². The molecule has 0 saturated carbocycles. The molecule has 1 aliphatic heterocycles. The maximum absolute atomic E-state index is 14.6. The molecule has 4 aromatic carbocycles. The summed E-state index contributed by atoms with van der Waals surface area (Å²) >= 11 is 15.2. The van der Waals surface area contributed by atoms with Gasteiger partial charge in [0, 0.05) is 12.1 Å². The lowest BCUT2D eigenvalue weighted by molar-refractivity contribution is -0.146. The standard InChI is InChI=1S/C35H28Cl2N2O3/c1-2-21-16-18-23(19-17-21)38-31(40)28(20-22-10-4-3-5-11-22)39-32(41)29-30(33(39)42)35(37)25-13-7-6-12-24(25)34(29,36)26-14-8-9-15-27(26)35/h3-19,28-30H,2,20H2,1H3,(H,38,40)/t28-,29-,30+,34?,35?/m1/s1. The number of rotatable bonds is 6. The molecule has 5 nitrogen and oxygen atoms in total. The molecule has 3 atom stereocenters. The van der Waals surface area contributed by atoms with E-state index < -0.39 is 45.3 Å². The number of hydrogen-bond acceptors (Lipinski definition) is 3. The maximum atomic E-state index is 14.6. The number of anilines is 1. The van der Waals surface area contributed by atoms with E-state index in [4.69, 9.17) is 23.2 Å². The van der Waals surface area contributed by atoms with Crippen LogP contribution in [0.5, 0.6) is 0 Å². The van der Waals surface area contributed by atoms with E-state index >= 15 is 0 Å². The number of carbonyl (C=O) groups is 3. The molecule has 0 radical (unpaired) electrons. The first kappa shape index (κ1) is 26.9. The van der Waals surface area contributed by atoms with Crippen molar-refractivity contribution >= 4 is 46.6 Å². The van der Waals surface area contributed by atoms with E-state index in [0.29, 0.717) is 5.69 Å². The van der Waals surface area contributed by atoms with E-state index in [1.54, 1.807) is 0 Å². The number of likely N-dealkylation sites (tertiary alicyclic amines) is 1. The van der Waals surface area contributed by atoms with Gasteiger partial charge in [0.05, 0.1) is 11.8 Å². The van der Waals surface area contributed by atoms with Crippen molar-refractivity contribution in [3.8, 4) is 0 Å². The van der Waals surface area contributed by atoms with E-state index in [2.05, 4.69) is 12.2 Å². The fourth-order valence-corrected chi connectivity index (χ4v) is 8.28. The van der Waals surface area contributed by atoms with E-state index in [-0.39, 0.29) is 6.42 Å². The molecule has 2 bridgehead atoms. The zero-order valence-corrected chi connectivity index (χ0v) is 24.4. The van der Waals surface area contributed by atoms with Crippen LogP contribution in [0.2, 0.25) is 0 Å². The smallest absolute Gasteiger partial charge is 0.248 e. The summed E-state index contributed by atoms with van der Waals surface area (Å²) in [6, 6.07) is 30.9. The molecule has 1 N–H and O–H groups in total. The second-order valence-electron chi connectivity index (χ2n) is 11.3. The molecule has 42 heavy (non-hydrogen) atoms. The monoisotopic (exact) mass is 594 g/mol. The molecule has 4 aliphatic rings. The van der Waals surface area contributed by atoms with Crippen LogP contribution < -0.4 is 5.32 Å². The summed E-state index contributed by atoms with van der Waals surface area (Å²) in [5.74, 6) is -3.34. The fraction of sp³-hybridized carbons (Fsp3) is 0.229. The van der Waals surface area contributed by atoms with Crippen molar-refractivity contribution in [3.05, 3.63) is 137 Å². The molecule has 3 aliphatic carbocycles. The van der Waals surface area contributed by atoms with Gasteiger partial charge in [0.25, 0.3) is 0 Å². The van der Waals surface area contributed by atoms with Gasteiger partial charge in [0.15, 0.2) is 0 Å². The maximum Gasteiger partial charge on any atom is 0.248 e. The lowest BCUT2D eigenvalue weighted by Gasteiger charge is -2.54. The second kappa shape index (κ2) is 9.82. The van der Waals surface area contributed by atoms with Crippen molar-refractivity contribution in [2.24, 2.45) is 11.8 Å². The van der Waals surface area contributed by atoms with Gasteiger partial charge in [0.2, 0.25) is 17.7 Å². The molecular weight excluding hydrogens is 567 g/mol. The summed E-state index contributed by atoms with van der Waals surface area (Å²) in [7, 11) is 0. The highest BCUT2D eigenvalue weighted by molar-refractivity contribution is 6.36. The Balaban J connectivity index is 1.34. The molecule has 7 heteroatoms. The van der Waals surface area contributed by atoms with Crippen molar-refractivity contribution in [1.29, 1.82) is 0 Å². The summed E-state index contributed by atoms with van der Waals surface area (Å²) in [6.45, 7) is 2.06. The van der Waals surface area contributed by atoms with Gasteiger partial charge in [-0.1, -0.05) is 97.9 Å². The lowest BCUT2D eigenvalue weighted by atomic mass is 9.54. The van der Waals surface area contributed by atoms with Crippen LogP contribution in [0.15, 0.2) is 103 Å². The van der Waals surface area contributed by atoms with Crippen molar-refractivity contribution in [2.75, 3.05) is 5.32 Å². The SMILES string of the molecule is CCc1ccc(NC(=O)[C@@H](Cc2ccccc2)N2C(=O)[C@@H]3[C@H](C2=O)C2(Cl)c4ccccc4C3(Cl)c3ccccc32)cc1. The molecule has 0 unspecified atom stereocenters. The van der Waals surface area contributed by atoms with Gasteiger partial charge in [-0.25, -0.2) is 0 Å². The molecule has 4 aromatic rings. The van der Waals surface area contributed by atoms with Gasteiger partial charge in [-0.05, 0) is 51.9 Å². The van der Waals surface area contributed by atoms with E-state index in [0.717, 1.165) is 44.7 Å². The van der Waals surface area contributed by atoms with Gasteiger partial charge < -0.3 is 5.32 Å². The summed E-state index contributed by atoms with van der Waals surface area (Å²) < 4.78 is 0. The summed E-state index contributed by atoms with van der Waals surface area (Å²) in [6.07, 6.45) is 1.02. The third kappa shape index (κ3) is 3.66. The summed E-state index contributed by atoms with van der Waals surface area (Å²) in [5.41, 5.74) is 5.46. The first-order valence-electron chi connectivity index (χ1n) is 14.2. The minimum Gasteiger partial charge on any atom is -0.324 e. The number of nitrogens with one attached hydrogen (secondary N) is 1.